The third kappa shape index (κ3) is 4.80. The van der Waals surface area contributed by atoms with Crippen LogP contribution in [-0.2, 0) is 36.9 Å². The number of phenolic OH excluding ortho intramolecular Hbond substituents is 1. The Balaban J connectivity index is 1.81. The van der Waals surface area contributed by atoms with Gasteiger partial charge in [0.25, 0.3) is 5.91 Å². The van der Waals surface area contributed by atoms with Gasteiger partial charge >= 0.3 is 5.97 Å². The Labute approximate surface area is 243 Å². The molecule has 0 radical (unpaired) electrons. The fraction of sp³-hybridized carbons (Fsp3) is 0.517. The number of hydrogen-bond acceptors (Lipinski definition) is 12. The molecule has 13 nitrogen and oxygen atoms in total. The molecule has 7 N–H and O–H groups in total. The first kappa shape index (κ1) is 31.0. The van der Waals surface area contributed by atoms with E-state index in [9.17, 15) is 39.6 Å². The Morgan fingerprint density at radius 2 is 1.83 bits per heavy atom. The van der Waals surface area contributed by atoms with Crippen LogP contribution in [0.5, 0.6) is 5.75 Å². The quantitative estimate of drug-likeness (QED) is 0.129. The van der Waals surface area contributed by atoms with Gasteiger partial charge in [-0.1, -0.05) is 0 Å². The number of phenols is 1. The zero-order valence-corrected chi connectivity index (χ0v) is 24.4. The largest absolute Gasteiger partial charge is 0.508 e. The highest BCUT2D eigenvalue weighted by Gasteiger charge is 2.64. The van der Waals surface area contributed by atoms with Crippen molar-refractivity contribution in [2.24, 2.45) is 17.6 Å². The van der Waals surface area contributed by atoms with Crippen molar-refractivity contribution in [1.29, 1.82) is 0 Å². The third-order valence-electron chi connectivity index (χ3n) is 8.54. The maximum Gasteiger partial charge on any atom is 0.305 e. The van der Waals surface area contributed by atoms with E-state index in [1.165, 1.54) is 12.0 Å². The van der Waals surface area contributed by atoms with Gasteiger partial charge in [0.1, 0.15) is 22.8 Å². The number of ether oxygens (including phenoxy) is 1. The summed E-state index contributed by atoms with van der Waals surface area (Å²) < 4.78 is 4.64. The number of amides is 1. The molecule has 3 aliphatic carbocycles. The number of ketones is 2. The second-order valence-corrected chi connectivity index (χ2v) is 11.5. The van der Waals surface area contributed by atoms with E-state index < -0.39 is 58.0 Å². The van der Waals surface area contributed by atoms with Crippen molar-refractivity contribution in [2.75, 3.05) is 46.7 Å². The fourth-order valence-corrected chi connectivity index (χ4v) is 6.56. The number of carbonyl (C=O) groups excluding carboxylic acids is 4. The second kappa shape index (κ2) is 11.4. The van der Waals surface area contributed by atoms with E-state index in [-0.39, 0.29) is 48.7 Å². The number of carbonyl (C=O) groups is 4. The zero-order chi connectivity index (χ0) is 31.3. The van der Waals surface area contributed by atoms with Gasteiger partial charge in [0.2, 0.25) is 5.78 Å². The molecule has 0 aliphatic heterocycles. The summed E-state index contributed by atoms with van der Waals surface area (Å²) in [7, 11) is 8.03. The van der Waals surface area contributed by atoms with Crippen LogP contribution in [-0.4, -0.2) is 102 Å². The van der Waals surface area contributed by atoms with Gasteiger partial charge in [-0.2, -0.15) is 0 Å². The number of benzene rings is 1. The highest BCUT2D eigenvalue weighted by Crippen LogP contribution is 2.54. The minimum absolute atomic E-state index is 0.0168. The summed E-state index contributed by atoms with van der Waals surface area (Å²) in [5, 5.41) is 48.8. The van der Waals surface area contributed by atoms with Crippen LogP contribution in [0.3, 0.4) is 0 Å². The molecule has 1 fully saturated rings. The highest BCUT2D eigenvalue weighted by atomic mass is 16.5. The smallest absolute Gasteiger partial charge is 0.305 e. The minimum Gasteiger partial charge on any atom is -0.508 e. The number of Topliss-reactive ketones (excluding diaryl/α,β-unsaturated/α-hetero) is 2. The lowest BCUT2D eigenvalue weighted by Gasteiger charge is -2.50. The van der Waals surface area contributed by atoms with Crippen LogP contribution in [0.1, 0.15) is 36.0 Å². The van der Waals surface area contributed by atoms with Crippen molar-refractivity contribution in [3.05, 3.63) is 39.7 Å². The Kier molecular flexibility index (Phi) is 8.40. The summed E-state index contributed by atoms with van der Waals surface area (Å²) in [5.41, 5.74) is 3.36. The number of rotatable bonds is 9. The Hall–Kier alpha value is -3.94. The van der Waals surface area contributed by atoms with Crippen LogP contribution < -0.4 is 16.0 Å². The first-order chi connectivity index (χ1) is 19.7. The molecule has 0 aromatic heterocycles. The molecule has 3 aliphatic rings. The molecule has 1 amide bonds. The number of hydrogen-bond donors (Lipinski definition) is 6. The highest BCUT2D eigenvalue weighted by molar-refractivity contribution is 6.24. The number of methoxy groups -OCH3 is 1. The zero-order valence-electron chi connectivity index (χ0n) is 24.4. The summed E-state index contributed by atoms with van der Waals surface area (Å²) in [6, 6.07) is 0.637. The topological polar surface area (TPSA) is 203 Å². The average Bonchev–Trinajstić information content (AvgIpc) is 2.90. The summed E-state index contributed by atoms with van der Waals surface area (Å²) >= 11 is 0. The SMILES string of the molecule is COC(=O)CCCNCc1cc(N(C)C)c2c(c1O)C(O)=C1C(=O)[C@]3(O)C(O)=C(C(N)=O)C(=O)[C@H](N(C)C)[C@@H]3C[C@@H]1C2. The average molecular weight is 587 g/mol. The van der Waals surface area contributed by atoms with Crippen LogP contribution in [0.25, 0.3) is 5.76 Å². The summed E-state index contributed by atoms with van der Waals surface area (Å²) in [6.07, 6.45) is 0.943. The Bertz CT molecular complexity index is 1410. The lowest BCUT2D eigenvalue weighted by atomic mass is 9.57. The number of anilines is 1. The molecule has 0 heterocycles. The number of nitrogens with zero attached hydrogens (tertiary/aromatic N) is 2. The minimum atomic E-state index is -2.69. The molecule has 1 aromatic carbocycles. The molecular formula is C29H38N4O9. The van der Waals surface area contributed by atoms with Gasteiger partial charge in [0.05, 0.1) is 18.7 Å². The maximum atomic E-state index is 14.0. The van der Waals surface area contributed by atoms with E-state index in [4.69, 9.17) is 5.73 Å². The third-order valence-corrected chi connectivity index (χ3v) is 8.54. The monoisotopic (exact) mass is 586 g/mol. The van der Waals surface area contributed by atoms with Crippen molar-refractivity contribution in [2.45, 2.75) is 43.9 Å². The Morgan fingerprint density at radius 1 is 1.17 bits per heavy atom. The number of esters is 1. The summed E-state index contributed by atoms with van der Waals surface area (Å²) in [6.45, 7) is 0.635. The van der Waals surface area contributed by atoms with Crippen LogP contribution >= 0.6 is 0 Å². The molecule has 1 saturated carbocycles. The number of likely N-dealkylation sites (N-methyl/N-ethyl adjacent to an activating group) is 1. The molecule has 0 spiro atoms. The van der Waals surface area contributed by atoms with Crippen LogP contribution in [0.15, 0.2) is 23.0 Å². The van der Waals surface area contributed by atoms with E-state index in [0.717, 1.165) is 0 Å². The van der Waals surface area contributed by atoms with Crippen LogP contribution in [0.4, 0.5) is 5.69 Å². The van der Waals surface area contributed by atoms with Gasteiger partial charge in [-0.05, 0) is 57.5 Å². The second-order valence-electron chi connectivity index (χ2n) is 11.5. The predicted octanol–water partition coefficient (Wildman–Crippen LogP) is 0.0728. The van der Waals surface area contributed by atoms with Gasteiger partial charge in [0.15, 0.2) is 11.4 Å². The van der Waals surface area contributed by atoms with Crippen molar-refractivity contribution in [1.82, 2.24) is 10.2 Å². The van der Waals surface area contributed by atoms with E-state index in [0.29, 0.717) is 29.8 Å². The normalized spacial score (nSPS) is 25.3. The molecule has 1 aromatic rings. The Morgan fingerprint density at radius 3 is 2.40 bits per heavy atom. The van der Waals surface area contributed by atoms with E-state index in [1.807, 2.05) is 4.90 Å². The van der Waals surface area contributed by atoms with Gasteiger partial charge in [-0.15, -0.1) is 0 Å². The van der Waals surface area contributed by atoms with Crippen molar-refractivity contribution in [3.63, 3.8) is 0 Å². The predicted molar refractivity (Wildman–Crippen MR) is 152 cm³/mol. The number of nitrogens with two attached hydrogens (primary N) is 1. The van der Waals surface area contributed by atoms with E-state index in [1.54, 1.807) is 34.3 Å². The lowest BCUT2D eigenvalue weighted by molar-refractivity contribution is -0.153. The van der Waals surface area contributed by atoms with E-state index in [2.05, 4.69) is 10.1 Å². The number of fused-ring (bicyclic) bond motifs is 3. The molecule has 13 heteroatoms. The number of aliphatic hydroxyl groups is 3. The van der Waals surface area contributed by atoms with Gasteiger partial charge in [-0.3, -0.25) is 24.1 Å². The van der Waals surface area contributed by atoms with Crippen LogP contribution in [0.2, 0.25) is 0 Å². The van der Waals surface area contributed by atoms with Gasteiger partial charge in [-0.25, -0.2) is 0 Å². The summed E-state index contributed by atoms with van der Waals surface area (Å²) in [4.78, 5) is 54.1. The molecule has 228 valence electrons. The number of aromatic hydroxyl groups is 1. The molecule has 0 saturated heterocycles. The van der Waals surface area contributed by atoms with Crippen molar-refractivity contribution in [3.8, 4) is 5.75 Å². The first-order valence-electron chi connectivity index (χ1n) is 13.7. The van der Waals surface area contributed by atoms with Gasteiger partial charge < -0.3 is 41.1 Å². The summed E-state index contributed by atoms with van der Waals surface area (Å²) in [5.74, 6) is -7.19. The maximum absolute atomic E-state index is 14.0. The molecule has 4 atom stereocenters. The number of nitrogens with one attached hydrogen (secondary N) is 1. The van der Waals surface area contributed by atoms with Crippen molar-refractivity contribution >= 4 is 34.9 Å². The molecule has 42 heavy (non-hydrogen) atoms. The van der Waals surface area contributed by atoms with E-state index >= 15 is 0 Å². The first-order valence-corrected chi connectivity index (χ1v) is 13.7. The van der Waals surface area contributed by atoms with Crippen molar-refractivity contribution < 1.29 is 44.3 Å². The lowest BCUT2D eigenvalue weighted by Crippen LogP contribution is -2.65. The van der Waals surface area contributed by atoms with Gasteiger partial charge in [0, 0.05) is 49.8 Å². The molecule has 4 rings (SSSR count). The number of primary amides is 1. The molecular weight excluding hydrogens is 548 g/mol. The fourth-order valence-electron chi connectivity index (χ4n) is 6.56. The molecule has 0 unspecified atom stereocenters. The van der Waals surface area contributed by atoms with Crippen LogP contribution in [0, 0.1) is 11.8 Å². The molecule has 0 bridgehead atoms. The standard InChI is InChI=1S/C29H38N4O9/c1-32(2)17-11-14(12-31-8-6-7-18(34)42-5)23(35)20-15(17)9-13-10-16-22(33(3)4)25(37)21(28(30)40)27(39)29(16,41)26(38)19(13)24(20)36/h11,13,16,22,31,35-36,39,41H,6-10,12H2,1-5H3,(H2,30,40)/t13-,16-,22+,29-/m0/s1. The number of aliphatic hydroxyl groups excluding tert-OH is 2.